The van der Waals surface area contributed by atoms with Crippen LogP contribution >= 0.6 is 0 Å². The van der Waals surface area contributed by atoms with E-state index in [0.29, 0.717) is 0 Å². The van der Waals surface area contributed by atoms with E-state index in [9.17, 15) is 0 Å². The van der Waals surface area contributed by atoms with Crippen molar-refractivity contribution in [3.63, 3.8) is 0 Å². The van der Waals surface area contributed by atoms with Crippen LogP contribution in [0.5, 0.6) is 0 Å². The maximum atomic E-state index is 5.13. The van der Waals surface area contributed by atoms with Gasteiger partial charge in [0.15, 0.2) is 0 Å². The Morgan fingerprint density at radius 2 is 1.00 bits per heavy atom. The van der Waals surface area contributed by atoms with Crippen molar-refractivity contribution in [2.45, 2.75) is 86.7 Å². The molecule has 0 unspecified atom stereocenters. The van der Waals surface area contributed by atoms with Crippen molar-refractivity contribution in [2.24, 2.45) is 0 Å². The second kappa shape index (κ2) is 9.04. The third kappa shape index (κ3) is 9.26. The van der Waals surface area contributed by atoms with Gasteiger partial charge in [-0.1, -0.05) is 89.4 Å². The second-order valence-corrected chi connectivity index (χ2v) is 18.2. The van der Waals surface area contributed by atoms with E-state index in [0.717, 1.165) is 0 Å². The molecule has 0 aromatic heterocycles. The Labute approximate surface area is 161 Å². The molecule has 6 radical (unpaired) electrons. The molecule has 0 spiro atoms. The van der Waals surface area contributed by atoms with Gasteiger partial charge in [-0.2, -0.15) is 0 Å². The van der Waals surface area contributed by atoms with Crippen molar-refractivity contribution >= 4 is 16.3 Å². The Hall–Kier alpha value is 0.926. The molecule has 132 valence electrons. The van der Waals surface area contributed by atoms with Crippen LogP contribution in [-0.4, -0.2) is 21.8 Å². The summed E-state index contributed by atoms with van der Waals surface area (Å²) < 4.78 is 0. The standard InChI is InChI=1S/C15H27NSi.C4H11Si.Cr/c1-10-11(2)13(4)14(12(10)3)17(8,9)16-15(5,6)7;1-5(2,3)4;/h1-9H3;1H2,2-4H3;/q2*-1;+3. The van der Waals surface area contributed by atoms with Gasteiger partial charge >= 0.3 is 17.4 Å². The summed E-state index contributed by atoms with van der Waals surface area (Å²) >= 11 is 0. The predicted octanol–water partition coefficient (Wildman–Crippen LogP) is 6.56. The number of nitrogens with zero attached hydrogens (tertiary/aromatic N) is 1. The predicted molar refractivity (Wildman–Crippen MR) is 108 cm³/mol. The zero-order valence-electron chi connectivity index (χ0n) is 17.6. The first-order valence-corrected chi connectivity index (χ1v) is 15.0. The average Bonchev–Trinajstić information content (AvgIpc) is 2.37. The number of hydrogen-bond donors (Lipinski definition) is 0. The Morgan fingerprint density at radius 3 is 1.22 bits per heavy atom. The van der Waals surface area contributed by atoms with Crippen molar-refractivity contribution in [1.29, 1.82) is 0 Å². The van der Waals surface area contributed by atoms with Gasteiger partial charge < -0.3 is 11.5 Å². The zero-order valence-corrected chi connectivity index (χ0v) is 20.8. The van der Waals surface area contributed by atoms with E-state index in [4.69, 9.17) is 4.98 Å². The first kappa shape index (κ1) is 26.2. The Bertz CT molecular complexity index is 324. The molecule has 1 fully saturated rings. The van der Waals surface area contributed by atoms with Gasteiger partial charge in [0, 0.05) is 0 Å². The molecule has 1 nitrogen and oxygen atoms in total. The van der Waals surface area contributed by atoms with Gasteiger partial charge in [0.1, 0.15) is 0 Å². The first-order chi connectivity index (χ1) is 9.47. The summed E-state index contributed by atoms with van der Waals surface area (Å²) in [6, 6.07) is 0. The quantitative estimate of drug-likeness (QED) is 0.375. The number of rotatable bonds is 2. The minimum Gasteiger partial charge on any atom is -0.659 e. The summed E-state index contributed by atoms with van der Waals surface area (Å²) in [5.41, 5.74) is 1.62. The SMILES string of the molecule is C[C]1[C](C)[C](C)[C]([Si](C)(C)[N-]C(C)(C)C)[C]1C.[CH2-][Si](C)(C)C.[Cr+3]. The number of hydrogen-bond acceptors (Lipinski definition) is 0. The van der Waals surface area contributed by atoms with E-state index in [1.54, 1.807) is 5.54 Å². The fourth-order valence-electron chi connectivity index (χ4n) is 3.03. The molecule has 1 aliphatic carbocycles. The van der Waals surface area contributed by atoms with Crippen molar-refractivity contribution in [3.8, 4) is 0 Å². The molecule has 0 aliphatic heterocycles. The maximum absolute atomic E-state index is 5.13. The molecule has 4 heteroatoms. The topological polar surface area (TPSA) is 14.1 Å². The van der Waals surface area contributed by atoms with Crippen LogP contribution in [0.3, 0.4) is 0 Å². The smallest absolute Gasteiger partial charge is 0.659 e. The molecule has 1 aliphatic rings. The van der Waals surface area contributed by atoms with Crippen LogP contribution in [-0.2, 0) is 17.4 Å². The van der Waals surface area contributed by atoms with Crippen molar-refractivity contribution in [2.75, 3.05) is 0 Å². The molecule has 0 saturated heterocycles. The van der Waals surface area contributed by atoms with Gasteiger partial charge in [0.2, 0.25) is 0 Å². The van der Waals surface area contributed by atoms with E-state index in [1.165, 1.54) is 23.7 Å². The van der Waals surface area contributed by atoms with Gasteiger partial charge in [-0.3, -0.25) is 0 Å². The fourth-order valence-corrected chi connectivity index (χ4v) is 7.03. The largest absolute Gasteiger partial charge is 3.00 e. The van der Waals surface area contributed by atoms with E-state index in [-0.39, 0.29) is 22.9 Å². The van der Waals surface area contributed by atoms with E-state index < -0.39 is 16.3 Å². The second-order valence-electron chi connectivity index (χ2n) is 9.28. The fraction of sp³-hybridized carbons (Fsp3) is 0.684. The Kier molecular flexibility index (Phi) is 10.3. The molecule has 1 saturated carbocycles. The molecular formula is C19H38CrNSi2+. The minimum atomic E-state index is -1.69. The molecule has 0 bridgehead atoms. The van der Waals surface area contributed by atoms with Gasteiger partial charge in [-0.25, -0.2) is 0 Å². The summed E-state index contributed by atoms with van der Waals surface area (Å²) in [6.45, 7) is 30.9. The molecule has 0 aromatic carbocycles. The van der Waals surface area contributed by atoms with E-state index in [1.807, 2.05) is 0 Å². The molecule has 0 N–H and O–H groups in total. The molecule has 1 rings (SSSR count). The third-order valence-electron chi connectivity index (χ3n) is 3.66. The van der Waals surface area contributed by atoms with Gasteiger partial charge in [-0.05, 0) is 29.2 Å². The average molecular weight is 389 g/mol. The van der Waals surface area contributed by atoms with Gasteiger partial charge in [-0.15, -0.1) is 13.6 Å². The van der Waals surface area contributed by atoms with Crippen LogP contribution in [0.1, 0.15) is 48.5 Å². The van der Waals surface area contributed by atoms with Crippen LogP contribution in [0.25, 0.3) is 4.98 Å². The maximum Gasteiger partial charge on any atom is 3.00 e. The minimum absolute atomic E-state index is 0. The third-order valence-corrected chi connectivity index (χ3v) is 6.87. The Balaban J connectivity index is 0. The molecule has 0 aromatic rings. The molecule has 0 atom stereocenters. The Morgan fingerprint density at radius 1 is 0.739 bits per heavy atom. The normalized spacial score (nSPS) is 20.2. The summed E-state index contributed by atoms with van der Waals surface area (Å²) in [5.74, 6) is 5.87. The van der Waals surface area contributed by atoms with Crippen molar-refractivity contribution < 1.29 is 17.4 Å². The van der Waals surface area contributed by atoms with Gasteiger partial charge in [0.05, 0.1) is 0 Å². The van der Waals surface area contributed by atoms with Crippen molar-refractivity contribution in [3.05, 3.63) is 40.7 Å². The van der Waals surface area contributed by atoms with Crippen LogP contribution in [0.4, 0.5) is 0 Å². The molecule has 0 amide bonds. The molecular weight excluding hydrogens is 350 g/mol. The van der Waals surface area contributed by atoms with E-state index >= 15 is 0 Å². The van der Waals surface area contributed by atoms with Crippen LogP contribution in [0, 0.1) is 35.8 Å². The van der Waals surface area contributed by atoms with Crippen LogP contribution < -0.4 is 0 Å². The molecule has 23 heavy (non-hydrogen) atoms. The zero-order chi connectivity index (χ0) is 18.1. The van der Waals surface area contributed by atoms with E-state index in [2.05, 4.69) is 87.7 Å². The van der Waals surface area contributed by atoms with Gasteiger partial charge in [0.25, 0.3) is 0 Å². The molecule has 0 heterocycles. The summed E-state index contributed by atoms with van der Waals surface area (Å²) in [4.78, 5) is 5.13. The summed E-state index contributed by atoms with van der Waals surface area (Å²) in [6.07, 6.45) is 0. The van der Waals surface area contributed by atoms with Crippen molar-refractivity contribution in [1.82, 2.24) is 0 Å². The monoisotopic (exact) mass is 388 g/mol. The van der Waals surface area contributed by atoms with Crippen LogP contribution in [0.2, 0.25) is 32.7 Å². The summed E-state index contributed by atoms with van der Waals surface area (Å²) in [7, 11) is -2.55. The summed E-state index contributed by atoms with van der Waals surface area (Å²) in [5, 5.41) is 0. The first-order valence-electron chi connectivity index (χ1n) is 8.30. The van der Waals surface area contributed by atoms with Crippen LogP contribution in [0.15, 0.2) is 0 Å².